The molecule has 1 atom stereocenters. The van der Waals surface area contributed by atoms with Gasteiger partial charge in [-0.2, -0.15) is 0 Å². The fourth-order valence-electron chi connectivity index (χ4n) is 10.9. The van der Waals surface area contributed by atoms with E-state index < -0.39 is 0 Å². The summed E-state index contributed by atoms with van der Waals surface area (Å²) in [5, 5.41) is 0. The van der Waals surface area contributed by atoms with E-state index in [1.165, 1.54) is 90.0 Å². The molecule has 8 rings (SSSR count). The molecule has 0 N–H and O–H groups in total. The van der Waals surface area contributed by atoms with E-state index in [0.29, 0.717) is 0 Å². The molecule has 0 amide bonds. The van der Waals surface area contributed by atoms with Crippen molar-refractivity contribution < 1.29 is 0 Å². The number of hydrogen-bond acceptors (Lipinski definition) is 4. The summed E-state index contributed by atoms with van der Waals surface area (Å²) in [6.45, 7) is 56.9. The predicted octanol–water partition coefficient (Wildman–Crippen LogP) is 20.0. The number of benzene rings is 6. The van der Waals surface area contributed by atoms with Crippen molar-refractivity contribution in [1.29, 1.82) is 0 Å². The first kappa shape index (κ1) is 54.8. The summed E-state index contributed by atoms with van der Waals surface area (Å²) in [5.41, 5.74) is 19.5. The molecular weight excluding hydrogens is 897 g/mol. The first-order valence-electron chi connectivity index (χ1n) is 27.7. The molecule has 4 heteroatoms. The molecule has 2 aliphatic heterocycles. The third kappa shape index (κ3) is 10.4. The Morgan fingerprint density at radius 2 is 0.473 bits per heavy atom. The molecule has 0 saturated heterocycles. The summed E-state index contributed by atoms with van der Waals surface area (Å²) in [4.78, 5) is 11.0. The van der Waals surface area contributed by atoms with Crippen LogP contribution in [0.1, 0.15) is 211 Å². The van der Waals surface area contributed by atoms with Crippen LogP contribution in [0, 0.1) is 0 Å². The van der Waals surface area contributed by atoms with Crippen LogP contribution in [0.15, 0.2) is 121 Å². The van der Waals surface area contributed by atoms with Gasteiger partial charge in [0, 0.05) is 22.7 Å². The van der Waals surface area contributed by atoms with Gasteiger partial charge in [0.25, 0.3) is 0 Å². The van der Waals surface area contributed by atoms with Gasteiger partial charge >= 0.3 is 0 Å². The Labute approximate surface area is 450 Å². The first-order valence-corrected chi connectivity index (χ1v) is 27.7. The second-order valence-corrected chi connectivity index (χ2v) is 30.3. The molecular formula is C70H94N4. The molecule has 4 nitrogen and oxygen atoms in total. The Hall–Kier alpha value is -5.48. The molecule has 0 saturated carbocycles. The summed E-state index contributed by atoms with van der Waals surface area (Å²) in [6, 6.07) is 48.5. The van der Waals surface area contributed by atoms with E-state index in [0.717, 1.165) is 0 Å². The minimum Gasteiger partial charge on any atom is -0.314 e. The molecule has 6 aromatic carbocycles. The standard InChI is InChI=1S/C70H94N4/c1-63(2,3)45-33-34-55(70(22,23)24)60(44-45)74-59-32-28-27-31-58(59)73(54-42-50(68(16,17)18)37-51(43-54)69(19,20)21)62(74)61-71(52-38-46(64(4,5)6)35-47(39-52)65(7,8)9)56-29-25-26-30-57(56)72(61)53-40-48(66(10,11)12)36-49(41-53)67(13,14)15/h25-44,61-62H,1-24H3. The van der Waals surface area contributed by atoms with Gasteiger partial charge < -0.3 is 19.6 Å². The normalized spacial score (nSPS) is 16.4. The third-order valence-corrected chi connectivity index (χ3v) is 15.8. The highest BCUT2D eigenvalue weighted by molar-refractivity contribution is 5.95. The van der Waals surface area contributed by atoms with Crippen LogP contribution in [0.3, 0.4) is 0 Å². The maximum Gasteiger partial charge on any atom is 0.151 e. The van der Waals surface area contributed by atoms with E-state index in [1.54, 1.807) is 0 Å². The summed E-state index contributed by atoms with van der Waals surface area (Å²) in [7, 11) is 0. The van der Waals surface area contributed by atoms with Crippen LogP contribution in [0.25, 0.3) is 0 Å². The lowest BCUT2D eigenvalue weighted by molar-refractivity contribution is 0.531. The highest BCUT2D eigenvalue weighted by atomic mass is 15.5. The summed E-state index contributed by atoms with van der Waals surface area (Å²) in [6.07, 6.45) is -0.625. The predicted molar refractivity (Wildman–Crippen MR) is 324 cm³/mol. The zero-order valence-electron chi connectivity index (χ0n) is 50.5. The molecule has 2 aliphatic rings. The van der Waals surface area contributed by atoms with Crippen LogP contribution in [-0.2, 0) is 43.3 Å². The van der Waals surface area contributed by atoms with Crippen LogP contribution in [0.4, 0.5) is 45.5 Å². The van der Waals surface area contributed by atoms with Crippen LogP contribution in [0.2, 0.25) is 0 Å². The summed E-state index contributed by atoms with van der Waals surface area (Å²) < 4.78 is 0. The van der Waals surface area contributed by atoms with Gasteiger partial charge in [-0.05, 0) is 155 Å². The van der Waals surface area contributed by atoms with E-state index in [2.05, 4.69) is 307 Å². The van der Waals surface area contributed by atoms with Gasteiger partial charge in [0.1, 0.15) is 0 Å². The Kier molecular flexibility index (Phi) is 13.4. The highest BCUT2D eigenvalue weighted by Gasteiger charge is 2.53. The summed E-state index contributed by atoms with van der Waals surface area (Å²) >= 11 is 0. The molecule has 0 aromatic heterocycles. The zero-order valence-corrected chi connectivity index (χ0v) is 50.5. The van der Waals surface area contributed by atoms with E-state index >= 15 is 0 Å². The number of hydrogen-bond donors (Lipinski definition) is 0. The van der Waals surface area contributed by atoms with Crippen LogP contribution in [-0.4, -0.2) is 12.3 Å². The van der Waals surface area contributed by atoms with Crippen molar-refractivity contribution in [2.45, 2.75) is 222 Å². The third-order valence-electron chi connectivity index (χ3n) is 15.8. The average Bonchev–Trinajstić information content (AvgIpc) is 3.79. The van der Waals surface area contributed by atoms with Crippen molar-refractivity contribution in [3.8, 4) is 0 Å². The van der Waals surface area contributed by atoms with Gasteiger partial charge in [-0.3, -0.25) is 0 Å². The van der Waals surface area contributed by atoms with Crippen molar-refractivity contribution in [2.24, 2.45) is 0 Å². The van der Waals surface area contributed by atoms with Crippen molar-refractivity contribution in [3.05, 3.63) is 166 Å². The average molecular weight is 992 g/mol. The van der Waals surface area contributed by atoms with Gasteiger partial charge in [-0.1, -0.05) is 221 Å². The zero-order chi connectivity index (χ0) is 54.8. The quantitative estimate of drug-likeness (QED) is 0.171. The van der Waals surface area contributed by atoms with Gasteiger partial charge in [0.2, 0.25) is 0 Å². The molecule has 0 spiro atoms. The number of rotatable bonds is 5. The van der Waals surface area contributed by atoms with Gasteiger partial charge in [-0.25, -0.2) is 0 Å². The molecule has 1 unspecified atom stereocenters. The number of anilines is 8. The monoisotopic (exact) mass is 991 g/mol. The van der Waals surface area contributed by atoms with Crippen LogP contribution in [0.5, 0.6) is 0 Å². The Morgan fingerprint density at radius 1 is 0.230 bits per heavy atom. The Balaban J connectivity index is 1.62. The van der Waals surface area contributed by atoms with Gasteiger partial charge in [-0.15, -0.1) is 0 Å². The van der Waals surface area contributed by atoms with Crippen molar-refractivity contribution >= 4 is 45.5 Å². The van der Waals surface area contributed by atoms with E-state index in [9.17, 15) is 0 Å². The van der Waals surface area contributed by atoms with Crippen molar-refractivity contribution in [2.75, 3.05) is 19.6 Å². The first-order chi connectivity index (χ1) is 33.8. The maximum absolute atomic E-state index is 2.78. The van der Waals surface area contributed by atoms with E-state index in [4.69, 9.17) is 0 Å². The SMILES string of the molecule is CC(C)(C)c1cc(N2c3ccccc3N(c3cc(C(C)(C)C)cc(C(C)(C)C)c3)C2C2N(c3cc(C(C)(C)C)cc(C(C)(C)C)c3)c3ccccc3N2c2cc(C(C)(C)C)ccc2C(C)(C)C)cc(C(C)(C)C)c1. The van der Waals surface area contributed by atoms with Crippen molar-refractivity contribution in [1.82, 2.24) is 0 Å². The molecule has 6 aromatic rings. The summed E-state index contributed by atoms with van der Waals surface area (Å²) in [5.74, 6) is 0. The minimum absolute atomic E-state index is 0.0859. The minimum atomic E-state index is -0.313. The number of nitrogens with zero attached hydrogens (tertiary/aromatic N) is 4. The lowest BCUT2D eigenvalue weighted by Crippen LogP contribution is -2.58. The second-order valence-electron chi connectivity index (χ2n) is 30.3. The Morgan fingerprint density at radius 3 is 0.716 bits per heavy atom. The number of para-hydroxylation sites is 4. The van der Waals surface area contributed by atoms with Gasteiger partial charge in [0.15, 0.2) is 12.3 Å². The molecule has 0 radical (unpaired) electrons. The highest BCUT2D eigenvalue weighted by Crippen LogP contribution is 2.58. The molecule has 394 valence electrons. The van der Waals surface area contributed by atoms with E-state index in [-0.39, 0.29) is 55.7 Å². The van der Waals surface area contributed by atoms with Crippen molar-refractivity contribution in [3.63, 3.8) is 0 Å². The lowest BCUT2D eigenvalue weighted by atomic mass is 9.80. The fourth-order valence-corrected chi connectivity index (χ4v) is 10.9. The fraction of sp³-hybridized carbons (Fsp3) is 0.486. The lowest BCUT2D eigenvalue weighted by Gasteiger charge is -2.46. The van der Waals surface area contributed by atoms with Crippen LogP contribution >= 0.6 is 0 Å². The molecule has 2 heterocycles. The Bertz CT molecular complexity index is 2860. The second kappa shape index (κ2) is 18.1. The molecule has 0 fully saturated rings. The molecule has 0 bridgehead atoms. The molecule has 0 aliphatic carbocycles. The number of fused-ring (bicyclic) bond motifs is 2. The smallest absolute Gasteiger partial charge is 0.151 e. The topological polar surface area (TPSA) is 13.0 Å². The van der Waals surface area contributed by atoms with E-state index in [1.807, 2.05) is 0 Å². The largest absolute Gasteiger partial charge is 0.314 e. The van der Waals surface area contributed by atoms with Gasteiger partial charge in [0.05, 0.1) is 22.7 Å². The maximum atomic E-state index is 2.78. The molecule has 74 heavy (non-hydrogen) atoms. The van der Waals surface area contributed by atoms with Crippen LogP contribution < -0.4 is 19.6 Å².